The Morgan fingerprint density at radius 3 is 2.67 bits per heavy atom. The minimum atomic E-state index is 0.925. The number of aromatic nitrogens is 1. The van der Waals surface area contributed by atoms with Crippen LogP contribution in [-0.4, -0.2) is 29.1 Å². The molecule has 1 fully saturated rings. The Labute approximate surface area is 109 Å². The van der Waals surface area contributed by atoms with Crippen LogP contribution in [0.4, 0.5) is 0 Å². The summed E-state index contributed by atoms with van der Waals surface area (Å²) in [6.07, 6.45) is 4.95. The van der Waals surface area contributed by atoms with Crippen LogP contribution in [0.15, 0.2) is 36.5 Å². The molecule has 0 aliphatic carbocycles. The van der Waals surface area contributed by atoms with Gasteiger partial charge < -0.3 is 9.47 Å². The molecule has 0 spiro atoms. The summed E-state index contributed by atoms with van der Waals surface area (Å²) in [5.74, 6) is 0.925. The first-order chi connectivity index (χ1) is 8.83. The fourth-order valence-electron chi connectivity index (χ4n) is 2.87. The maximum Gasteiger partial charge on any atom is 0.0480 e. The Morgan fingerprint density at radius 1 is 1.06 bits per heavy atom. The Bertz CT molecular complexity index is 507. The second-order valence-electron chi connectivity index (χ2n) is 5.59. The van der Waals surface area contributed by atoms with Crippen molar-refractivity contribution in [3.8, 4) is 0 Å². The maximum atomic E-state index is 2.61. The van der Waals surface area contributed by atoms with Crippen molar-refractivity contribution in [2.75, 3.05) is 19.6 Å². The highest BCUT2D eigenvalue weighted by atomic mass is 15.1. The predicted octanol–water partition coefficient (Wildman–Crippen LogP) is 3.37. The molecule has 2 aromatic rings. The van der Waals surface area contributed by atoms with Crippen LogP contribution in [0.2, 0.25) is 0 Å². The molecule has 1 saturated heterocycles. The van der Waals surface area contributed by atoms with E-state index in [1.807, 2.05) is 0 Å². The Morgan fingerprint density at radius 2 is 1.83 bits per heavy atom. The first-order valence-corrected chi connectivity index (χ1v) is 7.09. The van der Waals surface area contributed by atoms with Crippen LogP contribution in [0.25, 0.3) is 10.9 Å². The number of hydrogen-bond acceptors (Lipinski definition) is 1. The molecule has 18 heavy (non-hydrogen) atoms. The highest BCUT2D eigenvalue weighted by Gasteiger charge is 2.15. The van der Waals surface area contributed by atoms with E-state index in [0.717, 1.165) is 12.5 Å². The quantitative estimate of drug-likeness (QED) is 0.801. The molecule has 1 aliphatic heterocycles. The van der Waals surface area contributed by atoms with Gasteiger partial charge in [-0.3, -0.25) is 0 Å². The molecule has 96 valence electrons. The van der Waals surface area contributed by atoms with Crippen LogP contribution < -0.4 is 0 Å². The summed E-state index contributed by atoms with van der Waals surface area (Å²) < 4.78 is 2.38. The van der Waals surface area contributed by atoms with Gasteiger partial charge in [-0.05, 0) is 49.4 Å². The van der Waals surface area contributed by atoms with Gasteiger partial charge in [0.2, 0.25) is 0 Å². The first-order valence-electron chi connectivity index (χ1n) is 7.09. The van der Waals surface area contributed by atoms with Crippen molar-refractivity contribution in [3.63, 3.8) is 0 Å². The van der Waals surface area contributed by atoms with Gasteiger partial charge in [-0.15, -0.1) is 0 Å². The third-order valence-electron chi connectivity index (χ3n) is 4.21. The van der Waals surface area contributed by atoms with Gasteiger partial charge in [0, 0.05) is 24.8 Å². The molecule has 0 unspecified atom stereocenters. The van der Waals surface area contributed by atoms with Gasteiger partial charge in [-0.25, -0.2) is 0 Å². The van der Waals surface area contributed by atoms with Crippen LogP contribution in [0, 0.1) is 5.92 Å². The van der Waals surface area contributed by atoms with Crippen molar-refractivity contribution in [2.45, 2.75) is 26.3 Å². The SMILES string of the molecule is CC1CCN(CCn2ccc3ccccc32)CC1. The zero-order valence-electron chi connectivity index (χ0n) is 11.2. The third-order valence-corrected chi connectivity index (χ3v) is 4.21. The molecule has 2 heterocycles. The number of likely N-dealkylation sites (tertiary alicyclic amines) is 1. The average molecular weight is 242 g/mol. The summed E-state index contributed by atoms with van der Waals surface area (Å²) in [7, 11) is 0. The number of hydrogen-bond donors (Lipinski definition) is 0. The smallest absolute Gasteiger partial charge is 0.0480 e. The summed E-state index contributed by atoms with van der Waals surface area (Å²) in [5.41, 5.74) is 1.36. The fourth-order valence-corrected chi connectivity index (χ4v) is 2.87. The summed E-state index contributed by atoms with van der Waals surface area (Å²) in [6.45, 7) is 7.23. The van der Waals surface area contributed by atoms with Crippen molar-refractivity contribution >= 4 is 10.9 Å². The minimum absolute atomic E-state index is 0.925. The molecule has 0 amide bonds. The molecular weight excluding hydrogens is 220 g/mol. The van der Waals surface area contributed by atoms with Crippen molar-refractivity contribution < 1.29 is 0 Å². The second kappa shape index (κ2) is 5.15. The van der Waals surface area contributed by atoms with Crippen LogP contribution in [0.1, 0.15) is 19.8 Å². The van der Waals surface area contributed by atoms with Gasteiger partial charge in [-0.2, -0.15) is 0 Å². The molecule has 2 nitrogen and oxygen atoms in total. The summed E-state index contributed by atoms with van der Waals surface area (Å²) in [4.78, 5) is 2.61. The summed E-state index contributed by atoms with van der Waals surface area (Å²) in [5, 5.41) is 1.35. The zero-order chi connectivity index (χ0) is 12.4. The first kappa shape index (κ1) is 11.8. The molecule has 2 heteroatoms. The van der Waals surface area contributed by atoms with Crippen LogP contribution in [0.5, 0.6) is 0 Å². The van der Waals surface area contributed by atoms with Crippen molar-refractivity contribution in [1.82, 2.24) is 9.47 Å². The topological polar surface area (TPSA) is 8.17 Å². The van der Waals surface area contributed by atoms with E-state index in [1.54, 1.807) is 0 Å². The van der Waals surface area contributed by atoms with E-state index in [4.69, 9.17) is 0 Å². The average Bonchev–Trinajstić information content (AvgIpc) is 2.82. The van der Waals surface area contributed by atoms with Crippen LogP contribution in [0.3, 0.4) is 0 Å². The molecule has 0 radical (unpaired) electrons. The summed E-state index contributed by atoms with van der Waals surface area (Å²) >= 11 is 0. The number of piperidine rings is 1. The highest BCUT2D eigenvalue weighted by Crippen LogP contribution is 2.17. The number of para-hydroxylation sites is 1. The van der Waals surface area contributed by atoms with E-state index in [2.05, 4.69) is 52.9 Å². The van der Waals surface area contributed by atoms with Crippen molar-refractivity contribution in [2.24, 2.45) is 5.92 Å². The normalized spacial score (nSPS) is 18.5. The number of rotatable bonds is 3. The molecule has 0 bridgehead atoms. The van der Waals surface area contributed by atoms with Gasteiger partial charge in [0.25, 0.3) is 0 Å². The number of fused-ring (bicyclic) bond motifs is 1. The standard InChI is InChI=1S/C16H22N2/c1-14-6-9-17(10-7-14)12-13-18-11-8-15-4-2-3-5-16(15)18/h2-5,8,11,14H,6-7,9-10,12-13H2,1H3. The molecule has 0 N–H and O–H groups in total. The summed E-state index contributed by atoms with van der Waals surface area (Å²) in [6, 6.07) is 10.9. The van der Waals surface area contributed by atoms with Gasteiger partial charge >= 0.3 is 0 Å². The minimum Gasteiger partial charge on any atom is -0.346 e. The maximum absolute atomic E-state index is 2.61. The van der Waals surface area contributed by atoms with Crippen molar-refractivity contribution in [1.29, 1.82) is 0 Å². The molecule has 3 rings (SSSR count). The lowest BCUT2D eigenvalue weighted by atomic mass is 9.99. The van der Waals surface area contributed by atoms with Crippen molar-refractivity contribution in [3.05, 3.63) is 36.5 Å². The largest absolute Gasteiger partial charge is 0.346 e. The van der Waals surface area contributed by atoms with E-state index in [0.29, 0.717) is 0 Å². The fraction of sp³-hybridized carbons (Fsp3) is 0.500. The van der Waals surface area contributed by atoms with Gasteiger partial charge in [-0.1, -0.05) is 25.1 Å². The molecule has 0 atom stereocenters. The Hall–Kier alpha value is -1.28. The van der Waals surface area contributed by atoms with Gasteiger partial charge in [0.15, 0.2) is 0 Å². The van der Waals surface area contributed by atoms with Gasteiger partial charge in [0.05, 0.1) is 0 Å². The van der Waals surface area contributed by atoms with Crippen LogP contribution >= 0.6 is 0 Å². The Kier molecular flexibility index (Phi) is 3.37. The number of benzene rings is 1. The monoisotopic (exact) mass is 242 g/mol. The molecule has 1 aromatic carbocycles. The van der Waals surface area contributed by atoms with E-state index in [-0.39, 0.29) is 0 Å². The van der Waals surface area contributed by atoms with Crippen LogP contribution in [-0.2, 0) is 6.54 Å². The van der Waals surface area contributed by atoms with E-state index < -0.39 is 0 Å². The Balaban J connectivity index is 1.63. The lowest BCUT2D eigenvalue weighted by molar-refractivity contribution is 0.187. The van der Waals surface area contributed by atoms with E-state index in [9.17, 15) is 0 Å². The lowest BCUT2D eigenvalue weighted by Gasteiger charge is -2.30. The number of nitrogens with zero attached hydrogens (tertiary/aromatic N) is 2. The van der Waals surface area contributed by atoms with E-state index >= 15 is 0 Å². The third kappa shape index (κ3) is 2.44. The highest BCUT2D eigenvalue weighted by molar-refractivity contribution is 5.79. The molecule has 0 saturated carbocycles. The molecule has 1 aliphatic rings. The lowest BCUT2D eigenvalue weighted by Crippen LogP contribution is -2.35. The molecule has 1 aromatic heterocycles. The second-order valence-corrected chi connectivity index (χ2v) is 5.59. The zero-order valence-corrected chi connectivity index (χ0v) is 11.2. The molecular formula is C16H22N2. The van der Waals surface area contributed by atoms with Gasteiger partial charge in [0.1, 0.15) is 0 Å². The predicted molar refractivity (Wildman–Crippen MR) is 76.8 cm³/mol. The van der Waals surface area contributed by atoms with E-state index in [1.165, 1.54) is 43.4 Å².